The summed E-state index contributed by atoms with van der Waals surface area (Å²) in [6, 6.07) is 18.5. The van der Waals surface area contributed by atoms with Gasteiger partial charge in [0, 0.05) is 5.92 Å². The minimum absolute atomic E-state index is 0.152. The molecule has 1 aliphatic carbocycles. The van der Waals surface area contributed by atoms with Crippen molar-refractivity contribution < 1.29 is 28.7 Å². The van der Waals surface area contributed by atoms with Crippen molar-refractivity contribution >= 4 is 23.8 Å². The molecule has 1 unspecified atom stereocenters. The van der Waals surface area contributed by atoms with Crippen LogP contribution in [0, 0.1) is 11.8 Å². The molecule has 1 aliphatic rings. The van der Waals surface area contributed by atoms with Gasteiger partial charge in [-0.2, -0.15) is 0 Å². The van der Waals surface area contributed by atoms with Crippen LogP contribution in [-0.4, -0.2) is 49.6 Å². The summed E-state index contributed by atoms with van der Waals surface area (Å²) in [5.74, 6) is -4.10. The van der Waals surface area contributed by atoms with Gasteiger partial charge in [-0.05, 0) is 29.9 Å². The molecular formula is C29H36N2O6. The summed E-state index contributed by atoms with van der Waals surface area (Å²) < 4.78 is 10.2. The van der Waals surface area contributed by atoms with Gasteiger partial charge in [0.2, 0.25) is 11.8 Å². The average Bonchev–Trinajstić information content (AvgIpc) is 3.39. The van der Waals surface area contributed by atoms with E-state index in [4.69, 9.17) is 9.47 Å². The van der Waals surface area contributed by atoms with Gasteiger partial charge in [0.1, 0.15) is 18.0 Å². The highest BCUT2D eigenvalue weighted by Gasteiger charge is 2.47. The third kappa shape index (κ3) is 7.18. The molecule has 0 bridgehead atoms. The fraction of sp³-hybridized carbons (Fsp3) is 0.448. The molecule has 0 heterocycles. The summed E-state index contributed by atoms with van der Waals surface area (Å²) in [6.07, 6.45) is 2.38. The van der Waals surface area contributed by atoms with Crippen LogP contribution in [0.15, 0.2) is 60.7 Å². The molecule has 8 nitrogen and oxygen atoms in total. The first-order valence-electron chi connectivity index (χ1n) is 12.7. The Bertz CT molecular complexity index is 1020. The van der Waals surface area contributed by atoms with Gasteiger partial charge < -0.3 is 20.1 Å². The molecule has 2 aromatic rings. The van der Waals surface area contributed by atoms with E-state index in [0.29, 0.717) is 12.8 Å². The molecule has 1 saturated carbocycles. The molecule has 2 amide bonds. The Balaban J connectivity index is 1.97. The van der Waals surface area contributed by atoms with Gasteiger partial charge in [0.25, 0.3) is 0 Å². The standard InChI is InChI=1S/C29H36N2O6/c1-20(2)19-37-23(32)18-30-26(33)25(27(34)31-29(28(35)36-3)16-10-11-17-29)24(21-12-6-4-7-13-21)22-14-8-5-9-15-22/h4-9,12-15,20,24-25H,10-11,16-19H2,1-3H3,(H,30,33)(H,31,34). The van der Waals surface area contributed by atoms with Crippen LogP contribution in [0.2, 0.25) is 0 Å². The van der Waals surface area contributed by atoms with Crippen molar-refractivity contribution in [3.63, 3.8) is 0 Å². The third-order valence-corrected chi connectivity index (χ3v) is 6.60. The second-order valence-electron chi connectivity index (χ2n) is 9.84. The fourth-order valence-corrected chi connectivity index (χ4v) is 4.77. The molecule has 37 heavy (non-hydrogen) atoms. The lowest BCUT2D eigenvalue weighted by Crippen LogP contribution is -2.57. The van der Waals surface area contributed by atoms with Crippen LogP contribution in [0.4, 0.5) is 0 Å². The number of nitrogens with one attached hydrogen (secondary N) is 2. The Morgan fingerprint density at radius 3 is 1.89 bits per heavy atom. The minimum Gasteiger partial charge on any atom is -0.467 e. The summed E-state index contributed by atoms with van der Waals surface area (Å²) in [5.41, 5.74) is 0.327. The molecule has 0 spiro atoms. The molecule has 2 N–H and O–H groups in total. The monoisotopic (exact) mass is 508 g/mol. The topological polar surface area (TPSA) is 111 Å². The Morgan fingerprint density at radius 1 is 0.865 bits per heavy atom. The molecule has 1 atom stereocenters. The first-order chi connectivity index (χ1) is 17.8. The fourth-order valence-electron chi connectivity index (χ4n) is 4.77. The van der Waals surface area contributed by atoms with Gasteiger partial charge in [-0.3, -0.25) is 14.4 Å². The molecule has 0 aromatic heterocycles. The maximum absolute atomic E-state index is 13.9. The summed E-state index contributed by atoms with van der Waals surface area (Å²) in [5, 5.41) is 5.48. The van der Waals surface area contributed by atoms with E-state index < -0.39 is 41.1 Å². The first kappa shape index (κ1) is 27.9. The highest BCUT2D eigenvalue weighted by atomic mass is 16.5. The molecule has 1 fully saturated rings. The van der Waals surface area contributed by atoms with Crippen molar-refractivity contribution in [1.29, 1.82) is 0 Å². The lowest BCUT2D eigenvalue weighted by Gasteiger charge is -2.32. The maximum Gasteiger partial charge on any atom is 0.331 e. The summed E-state index contributed by atoms with van der Waals surface area (Å²) in [4.78, 5) is 52.5. The molecular weight excluding hydrogens is 472 g/mol. The predicted molar refractivity (Wildman–Crippen MR) is 138 cm³/mol. The van der Waals surface area contributed by atoms with Gasteiger partial charge >= 0.3 is 11.9 Å². The van der Waals surface area contributed by atoms with Crippen LogP contribution in [0.25, 0.3) is 0 Å². The normalized spacial score (nSPS) is 15.2. The Labute approximate surface area is 218 Å². The van der Waals surface area contributed by atoms with Gasteiger partial charge in [-0.25, -0.2) is 4.79 Å². The Hall–Kier alpha value is -3.68. The molecule has 0 saturated heterocycles. The number of carbonyl (C=O) groups excluding carboxylic acids is 4. The first-order valence-corrected chi connectivity index (χ1v) is 12.7. The zero-order valence-corrected chi connectivity index (χ0v) is 21.7. The second kappa shape index (κ2) is 13.0. The van der Waals surface area contributed by atoms with E-state index in [-0.39, 0.29) is 19.1 Å². The maximum atomic E-state index is 13.9. The number of ether oxygens (including phenoxy) is 2. The molecule has 0 aliphatic heterocycles. The van der Waals surface area contributed by atoms with Gasteiger partial charge in [0.05, 0.1) is 13.7 Å². The Kier molecular flexibility index (Phi) is 9.83. The zero-order chi connectivity index (χ0) is 26.8. The van der Waals surface area contributed by atoms with Crippen molar-refractivity contribution in [2.24, 2.45) is 11.8 Å². The van der Waals surface area contributed by atoms with E-state index >= 15 is 0 Å². The molecule has 2 aromatic carbocycles. The number of carbonyl (C=O) groups is 4. The molecule has 198 valence electrons. The molecule has 8 heteroatoms. The van der Waals surface area contributed by atoms with E-state index in [1.807, 2.05) is 74.5 Å². The zero-order valence-electron chi connectivity index (χ0n) is 21.7. The number of esters is 2. The van der Waals surface area contributed by atoms with Gasteiger partial charge in [-0.15, -0.1) is 0 Å². The van der Waals surface area contributed by atoms with E-state index in [0.717, 1.165) is 24.0 Å². The van der Waals surface area contributed by atoms with Gasteiger partial charge in [-0.1, -0.05) is 87.4 Å². The van der Waals surface area contributed by atoms with Crippen molar-refractivity contribution in [2.75, 3.05) is 20.3 Å². The van der Waals surface area contributed by atoms with E-state index in [9.17, 15) is 19.2 Å². The minimum atomic E-state index is -1.26. The lowest BCUT2D eigenvalue weighted by molar-refractivity contribution is -0.152. The molecule has 3 rings (SSSR count). The summed E-state index contributed by atoms with van der Waals surface area (Å²) >= 11 is 0. The molecule has 0 radical (unpaired) electrons. The predicted octanol–water partition coefficient (Wildman–Crippen LogP) is 3.35. The van der Waals surface area contributed by atoms with Crippen LogP contribution in [-0.2, 0) is 28.7 Å². The second-order valence-corrected chi connectivity index (χ2v) is 9.84. The van der Waals surface area contributed by atoms with Crippen LogP contribution in [0.5, 0.6) is 0 Å². The smallest absolute Gasteiger partial charge is 0.331 e. The van der Waals surface area contributed by atoms with Crippen molar-refractivity contribution in [1.82, 2.24) is 10.6 Å². The lowest BCUT2D eigenvalue weighted by atomic mass is 9.79. The SMILES string of the molecule is COC(=O)C1(NC(=O)C(C(=O)NCC(=O)OCC(C)C)C(c2ccccc2)c2ccccc2)CCCC1. The van der Waals surface area contributed by atoms with E-state index in [1.54, 1.807) is 0 Å². The number of methoxy groups -OCH3 is 1. The van der Waals surface area contributed by atoms with Crippen LogP contribution >= 0.6 is 0 Å². The number of hydrogen-bond donors (Lipinski definition) is 2. The van der Waals surface area contributed by atoms with E-state index in [2.05, 4.69) is 10.6 Å². The summed E-state index contributed by atoms with van der Waals surface area (Å²) in [7, 11) is 1.29. The van der Waals surface area contributed by atoms with E-state index in [1.165, 1.54) is 7.11 Å². The number of benzene rings is 2. The van der Waals surface area contributed by atoms with Crippen molar-refractivity contribution in [2.45, 2.75) is 51.0 Å². The van der Waals surface area contributed by atoms with Crippen molar-refractivity contribution in [3.8, 4) is 0 Å². The quantitative estimate of drug-likeness (QED) is 0.356. The highest BCUT2D eigenvalue weighted by Crippen LogP contribution is 2.35. The summed E-state index contributed by atoms with van der Waals surface area (Å²) in [6.45, 7) is 3.69. The van der Waals surface area contributed by atoms with Crippen molar-refractivity contribution in [3.05, 3.63) is 71.8 Å². The number of amides is 2. The number of rotatable bonds is 11. The van der Waals surface area contributed by atoms with Crippen LogP contribution in [0.1, 0.15) is 56.6 Å². The average molecular weight is 509 g/mol. The Morgan fingerprint density at radius 2 is 1.41 bits per heavy atom. The van der Waals surface area contributed by atoms with Crippen LogP contribution in [0.3, 0.4) is 0 Å². The number of hydrogen-bond acceptors (Lipinski definition) is 6. The largest absolute Gasteiger partial charge is 0.467 e. The highest BCUT2D eigenvalue weighted by molar-refractivity contribution is 6.04. The third-order valence-electron chi connectivity index (χ3n) is 6.60. The van der Waals surface area contributed by atoms with Crippen LogP contribution < -0.4 is 10.6 Å². The van der Waals surface area contributed by atoms with Gasteiger partial charge in [0.15, 0.2) is 0 Å².